The van der Waals surface area contributed by atoms with Crippen molar-refractivity contribution in [3.8, 4) is 23.1 Å². The number of ether oxygens (including phenoxy) is 3. The maximum absolute atomic E-state index is 10.3. The molecular weight excluding hydrogens is 456 g/mol. The highest BCUT2D eigenvalue weighted by Gasteiger charge is 2.14. The molecule has 9 heteroatoms. The van der Waals surface area contributed by atoms with E-state index in [2.05, 4.69) is 20.6 Å². The van der Waals surface area contributed by atoms with Crippen molar-refractivity contribution in [2.24, 2.45) is 0 Å². The van der Waals surface area contributed by atoms with Crippen molar-refractivity contribution >= 4 is 28.2 Å². The van der Waals surface area contributed by atoms with Gasteiger partial charge in [0, 0.05) is 30.7 Å². The van der Waals surface area contributed by atoms with Crippen LogP contribution >= 0.6 is 11.6 Å². The fourth-order valence-corrected chi connectivity index (χ4v) is 3.62. The lowest BCUT2D eigenvalue weighted by Gasteiger charge is -2.16. The number of pyridine rings is 2. The largest absolute Gasteiger partial charge is 0.493 e. The molecule has 4 rings (SSSR count). The van der Waals surface area contributed by atoms with Crippen LogP contribution in [-0.4, -0.2) is 42.1 Å². The topological polar surface area (TPSA) is 97.8 Å². The molecule has 0 aliphatic rings. The number of nitrogens with zero attached hydrogens (tertiary/aromatic N) is 2. The highest BCUT2D eigenvalue weighted by atomic mass is 35.5. The zero-order chi connectivity index (χ0) is 23.9. The van der Waals surface area contributed by atoms with E-state index in [1.807, 2.05) is 30.3 Å². The van der Waals surface area contributed by atoms with E-state index < -0.39 is 6.23 Å². The Morgan fingerprint density at radius 1 is 0.971 bits per heavy atom. The average Bonchev–Trinajstić information content (AvgIpc) is 2.85. The minimum atomic E-state index is -0.820. The van der Waals surface area contributed by atoms with Crippen molar-refractivity contribution < 1.29 is 19.3 Å². The second-order valence-corrected chi connectivity index (χ2v) is 7.83. The van der Waals surface area contributed by atoms with Crippen molar-refractivity contribution in [1.29, 1.82) is 0 Å². The Hall–Kier alpha value is -3.59. The van der Waals surface area contributed by atoms with Crippen molar-refractivity contribution in [2.45, 2.75) is 12.8 Å². The Labute approximate surface area is 202 Å². The molecule has 0 fully saturated rings. The highest BCUT2D eigenvalue weighted by Crippen LogP contribution is 2.38. The molecule has 2 aromatic carbocycles. The molecule has 34 heavy (non-hydrogen) atoms. The van der Waals surface area contributed by atoms with Gasteiger partial charge in [0.05, 0.1) is 31.6 Å². The van der Waals surface area contributed by atoms with Crippen LogP contribution in [0.2, 0.25) is 5.02 Å². The number of aromatic nitrogens is 2. The summed E-state index contributed by atoms with van der Waals surface area (Å²) >= 11 is 6.42. The van der Waals surface area contributed by atoms with E-state index in [1.54, 1.807) is 50.9 Å². The SMILES string of the molecule is COc1cc2nccc(Oc3ncc(NC(O)CNCc4ccccc4)cc3Cl)c2cc1OC. The molecule has 2 heterocycles. The number of aliphatic hydroxyl groups excluding tert-OH is 1. The van der Waals surface area contributed by atoms with Crippen LogP contribution in [-0.2, 0) is 6.54 Å². The van der Waals surface area contributed by atoms with Crippen molar-refractivity contribution in [3.05, 3.63) is 77.6 Å². The maximum atomic E-state index is 10.3. The molecule has 0 bridgehead atoms. The Morgan fingerprint density at radius 2 is 1.74 bits per heavy atom. The van der Waals surface area contributed by atoms with Crippen LogP contribution in [0.5, 0.6) is 23.1 Å². The maximum Gasteiger partial charge on any atom is 0.238 e. The lowest BCUT2D eigenvalue weighted by Crippen LogP contribution is -2.32. The normalized spacial score (nSPS) is 11.8. The molecule has 0 saturated carbocycles. The average molecular weight is 481 g/mol. The van der Waals surface area contributed by atoms with Crippen molar-refractivity contribution in [1.82, 2.24) is 15.3 Å². The summed E-state index contributed by atoms with van der Waals surface area (Å²) in [7, 11) is 3.13. The standard InChI is InChI=1S/C25H25ClN4O4/c1-32-22-11-18-20(12-23(22)33-2)28-9-8-21(18)34-25-19(26)10-17(14-29-25)30-24(31)15-27-13-16-6-4-3-5-7-16/h3-12,14,24,27,30-31H,13,15H2,1-2H3. The van der Waals surface area contributed by atoms with Gasteiger partial charge in [0.25, 0.3) is 0 Å². The molecule has 0 aliphatic heterocycles. The fourth-order valence-electron chi connectivity index (χ4n) is 3.41. The van der Waals surface area contributed by atoms with Crippen LogP contribution in [0.4, 0.5) is 5.69 Å². The van der Waals surface area contributed by atoms with Gasteiger partial charge in [-0.3, -0.25) is 4.98 Å². The predicted molar refractivity (Wildman–Crippen MR) is 132 cm³/mol. The zero-order valence-corrected chi connectivity index (χ0v) is 19.5. The molecule has 8 nitrogen and oxygen atoms in total. The van der Waals surface area contributed by atoms with Gasteiger partial charge < -0.3 is 30.0 Å². The van der Waals surface area contributed by atoms with Gasteiger partial charge in [0.15, 0.2) is 11.5 Å². The van der Waals surface area contributed by atoms with E-state index in [9.17, 15) is 5.11 Å². The van der Waals surface area contributed by atoms with Crippen LogP contribution in [0.1, 0.15) is 5.56 Å². The lowest BCUT2D eigenvalue weighted by atomic mass is 10.2. The smallest absolute Gasteiger partial charge is 0.238 e. The van der Waals surface area contributed by atoms with E-state index >= 15 is 0 Å². The van der Waals surface area contributed by atoms with E-state index in [0.29, 0.717) is 46.6 Å². The lowest BCUT2D eigenvalue weighted by molar-refractivity contribution is 0.199. The van der Waals surface area contributed by atoms with Crippen LogP contribution < -0.4 is 24.8 Å². The molecule has 0 aliphatic carbocycles. The first-order valence-corrected chi connectivity index (χ1v) is 11.0. The monoisotopic (exact) mass is 480 g/mol. The highest BCUT2D eigenvalue weighted by molar-refractivity contribution is 6.32. The molecule has 0 amide bonds. The number of hydrogen-bond acceptors (Lipinski definition) is 8. The summed E-state index contributed by atoms with van der Waals surface area (Å²) in [6, 6.07) is 16.9. The summed E-state index contributed by atoms with van der Waals surface area (Å²) in [6.07, 6.45) is 2.36. The van der Waals surface area contributed by atoms with Gasteiger partial charge in [-0.15, -0.1) is 0 Å². The van der Waals surface area contributed by atoms with Gasteiger partial charge >= 0.3 is 0 Å². The van der Waals surface area contributed by atoms with Gasteiger partial charge in [-0.05, 0) is 23.8 Å². The summed E-state index contributed by atoms with van der Waals surface area (Å²) in [5.74, 6) is 1.88. The van der Waals surface area contributed by atoms with E-state index in [0.717, 1.165) is 10.9 Å². The summed E-state index contributed by atoms with van der Waals surface area (Å²) in [5, 5.41) is 17.5. The Balaban J connectivity index is 1.43. The minimum Gasteiger partial charge on any atom is -0.493 e. The van der Waals surface area contributed by atoms with E-state index in [1.165, 1.54) is 0 Å². The third kappa shape index (κ3) is 5.66. The Morgan fingerprint density at radius 3 is 2.47 bits per heavy atom. The third-order valence-corrected chi connectivity index (χ3v) is 5.33. The van der Waals surface area contributed by atoms with Crippen LogP contribution in [0.25, 0.3) is 10.9 Å². The summed E-state index contributed by atoms with van der Waals surface area (Å²) in [5.41, 5.74) is 2.38. The van der Waals surface area contributed by atoms with Crippen LogP contribution in [0.15, 0.2) is 67.0 Å². The van der Waals surface area contributed by atoms with E-state index in [4.69, 9.17) is 25.8 Å². The number of hydrogen-bond donors (Lipinski definition) is 3. The summed E-state index contributed by atoms with van der Waals surface area (Å²) < 4.78 is 16.7. The van der Waals surface area contributed by atoms with Gasteiger partial charge in [-0.2, -0.15) is 0 Å². The van der Waals surface area contributed by atoms with E-state index in [-0.39, 0.29) is 5.88 Å². The van der Waals surface area contributed by atoms with Gasteiger partial charge in [0.1, 0.15) is 17.0 Å². The molecule has 1 unspecified atom stereocenters. The first kappa shape index (κ1) is 23.6. The Bertz CT molecular complexity index is 1260. The molecular formula is C25H25ClN4O4. The number of rotatable bonds is 10. The first-order valence-electron chi connectivity index (χ1n) is 10.6. The van der Waals surface area contributed by atoms with Gasteiger partial charge in [-0.25, -0.2) is 4.98 Å². The van der Waals surface area contributed by atoms with Gasteiger partial charge in [0.2, 0.25) is 5.88 Å². The second kappa shape index (κ2) is 11.0. The third-order valence-electron chi connectivity index (χ3n) is 5.06. The number of anilines is 1. The molecule has 0 saturated heterocycles. The number of halogens is 1. The summed E-state index contributed by atoms with van der Waals surface area (Å²) in [6.45, 7) is 1.00. The number of nitrogens with one attached hydrogen (secondary N) is 2. The molecule has 176 valence electrons. The fraction of sp³-hybridized carbons (Fsp3) is 0.200. The number of aliphatic hydroxyl groups is 1. The van der Waals surface area contributed by atoms with Crippen molar-refractivity contribution in [3.63, 3.8) is 0 Å². The summed E-state index contributed by atoms with van der Waals surface area (Å²) in [4.78, 5) is 8.68. The number of methoxy groups -OCH3 is 2. The van der Waals surface area contributed by atoms with Crippen molar-refractivity contribution in [2.75, 3.05) is 26.1 Å². The minimum absolute atomic E-state index is 0.228. The van der Waals surface area contributed by atoms with Crippen LogP contribution in [0.3, 0.4) is 0 Å². The molecule has 0 spiro atoms. The molecule has 2 aromatic heterocycles. The Kier molecular flexibility index (Phi) is 7.64. The van der Waals surface area contributed by atoms with Crippen LogP contribution in [0, 0.1) is 0 Å². The van der Waals surface area contributed by atoms with Gasteiger partial charge in [-0.1, -0.05) is 41.9 Å². The molecule has 3 N–H and O–H groups in total. The second-order valence-electron chi connectivity index (χ2n) is 7.42. The molecule has 1 atom stereocenters. The predicted octanol–water partition coefficient (Wildman–Crippen LogP) is 4.61. The number of benzene rings is 2. The number of fused-ring (bicyclic) bond motifs is 1. The quantitative estimate of drug-likeness (QED) is 0.283. The first-order chi connectivity index (χ1) is 16.6. The molecule has 4 aromatic rings. The zero-order valence-electron chi connectivity index (χ0n) is 18.8. The molecule has 0 radical (unpaired) electrons.